The predicted molar refractivity (Wildman–Crippen MR) is 84.8 cm³/mol. The van der Waals surface area contributed by atoms with Crippen molar-refractivity contribution in [1.82, 2.24) is 5.32 Å². The van der Waals surface area contributed by atoms with E-state index in [9.17, 15) is 4.79 Å². The second kappa shape index (κ2) is 7.77. The van der Waals surface area contributed by atoms with Crippen LogP contribution in [0.1, 0.15) is 50.4 Å². The average molecular weight is 359 g/mol. The summed E-state index contributed by atoms with van der Waals surface area (Å²) in [5.41, 5.74) is 0.772. The van der Waals surface area contributed by atoms with Crippen molar-refractivity contribution in [3.8, 4) is 0 Å². The Labute approximate surface area is 124 Å². The smallest absolute Gasteiger partial charge is 0.252 e. The van der Waals surface area contributed by atoms with Crippen molar-refractivity contribution in [2.75, 3.05) is 0 Å². The van der Waals surface area contributed by atoms with Crippen molar-refractivity contribution in [3.63, 3.8) is 0 Å². The number of hydrogen-bond acceptors (Lipinski definition) is 1. The van der Waals surface area contributed by atoms with Gasteiger partial charge in [-0.25, -0.2) is 0 Å². The highest BCUT2D eigenvalue weighted by atomic mass is 127. The summed E-state index contributed by atoms with van der Waals surface area (Å²) >= 11 is 2.20. The molecule has 0 bridgehead atoms. The van der Waals surface area contributed by atoms with Gasteiger partial charge < -0.3 is 5.32 Å². The molecule has 1 aromatic carbocycles. The normalized spacial score (nSPS) is 12.5. The van der Waals surface area contributed by atoms with E-state index in [1.54, 1.807) is 0 Å². The molecule has 2 nitrogen and oxygen atoms in total. The molecular weight excluding hydrogens is 337 g/mol. The Morgan fingerprint density at radius 2 is 1.89 bits per heavy atom. The van der Waals surface area contributed by atoms with Crippen molar-refractivity contribution in [3.05, 3.63) is 33.4 Å². The van der Waals surface area contributed by atoms with E-state index in [1.165, 1.54) is 12.8 Å². The van der Waals surface area contributed by atoms with Crippen molar-refractivity contribution >= 4 is 28.5 Å². The number of halogens is 1. The molecule has 1 amide bonds. The second-order valence-electron chi connectivity index (χ2n) is 5.18. The van der Waals surface area contributed by atoms with E-state index in [0.717, 1.165) is 21.5 Å². The number of amides is 1. The topological polar surface area (TPSA) is 29.1 Å². The Morgan fingerprint density at radius 3 is 2.50 bits per heavy atom. The summed E-state index contributed by atoms with van der Waals surface area (Å²) in [5.74, 6) is 0.778. The van der Waals surface area contributed by atoms with Gasteiger partial charge in [-0.3, -0.25) is 4.79 Å². The van der Waals surface area contributed by atoms with Crippen LogP contribution in [0.2, 0.25) is 0 Å². The summed E-state index contributed by atoms with van der Waals surface area (Å²) in [6.07, 6.45) is 3.45. The predicted octanol–water partition coefficient (Wildman–Crippen LogP) is 4.24. The van der Waals surface area contributed by atoms with E-state index in [2.05, 4.69) is 48.7 Å². The van der Waals surface area contributed by atoms with Gasteiger partial charge in [0.25, 0.3) is 5.91 Å². The lowest BCUT2D eigenvalue weighted by molar-refractivity contribution is 0.0937. The minimum atomic E-state index is 0.0389. The maximum atomic E-state index is 12.1. The molecule has 0 fully saturated rings. The average Bonchev–Trinajstić information content (AvgIpc) is 2.28. The molecule has 18 heavy (non-hydrogen) atoms. The molecule has 0 heterocycles. The Balaban J connectivity index is 2.43. The van der Waals surface area contributed by atoms with Gasteiger partial charge in [0.05, 0.1) is 5.56 Å². The molecule has 1 atom stereocenters. The molecule has 0 saturated heterocycles. The minimum Gasteiger partial charge on any atom is -0.350 e. The van der Waals surface area contributed by atoms with Crippen LogP contribution in [0.5, 0.6) is 0 Å². The zero-order chi connectivity index (χ0) is 13.5. The van der Waals surface area contributed by atoms with Crippen LogP contribution in [0.15, 0.2) is 24.3 Å². The summed E-state index contributed by atoms with van der Waals surface area (Å²) in [4.78, 5) is 12.1. The molecule has 1 rings (SSSR count). The second-order valence-corrected chi connectivity index (χ2v) is 6.34. The third kappa shape index (κ3) is 5.38. The van der Waals surface area contributed by atoms with E-state index in [1.807, 2.05) is 24.3 Å². The minimum absolute atomic E-state index is 0.0389. The van der Waals surface area contributed by atoms with Crippen molar-refractivity contribution in [1.29, 1.82) is 0 Å². The van der Waals surface area contributed by atoms with E-state index in [-0.39, 0.29) is 11.9 Å². The first kappa shape index (κ1) is 15.5. The summed E-state index contributed by atoms with van der Waals surface area (Å²) in [6.45, 7) is 6.54. The lowest BCUT2D eigenvalue weighted by Crippen LogP contribution is -2.33. The first-order valence-electron chi connectivity index (χ1n) is 6.56. The quantitative estimate of drug-likeness (QED) is 0.757. The molecule has 100 valence electrons. The monoisotopic (exact) mass is 359 g/mol. The zero-order valence-corrected chi connectivity index (χ0v) is 13.5. The third-order valence-electron chi connectivity index (χ3n) is 2.91. The molecule has 1 aromatic rings. The highest BCUT2D eigenvalue weighted by molar-refractivity contribution is 14.1. The number of nitrogens with one attached hydrogen (secondary N) is 1. The molecule has 0 aliphatic heterocycles. The molecule has 1 N–H and O–H groups in total. The van der Waals surface area contributed by atoms with Crippen LogP contribution in [-0.4, -0.2) is 11.9 Å². The van der Waals surface area contributed by atoms with Gasteiger partial charge in [-0.05, 0) is 54.0 Å². The van der Waals surface area contributed by atoms with Gasteiger partial charge in [-0.1, -0.05) is 38.8 Å². The van der Waals surface area contributed by atoms with Crippen LogP contribution in [-0.2, 0) is 0 Å². The molecule has 0 spiro atoms. The highest BCUT2D eigenvalue weighted by Crippen LogP contribution is 2.12. The van der Waals surface area contributed by atoms with Crippen LogP contribution < -0.4 is 5.32 Å². The number of benzene rings is 1. The van der Waals surface area contributed by atoms with Gasteiger partial charge in [0.15, 0.2) is 0 Å². The summed E-state index contributed by atoms with van der Waals surface area (Å²) < 4.78 is 1.00. The van der Waals surface area contributed by atoms with E-state index >= 15 is 0 Å². The first-order valence-corrected chi connectivity index (χ1v) is 7.64. The van der Waals surface area contributed by atoms with E-state index < -0.39 is 0 Å². The molecule has 0 saturated carbocycles. The summed E-state index contributed by atoms with van der Waals surface area (Å²) in [6, 6.07) is 7.93. The Morgan fingerprint density at radius 1 is 1.22 bits per heavy atom. The van der Waals surface area contributed by atoms with E-state index in [4.69, 9.17) is 0 Å². The van der Waals surface area contributed by atoms with Crippen molar-refractivity contribution in [2.24, 2.45) is 5.92 Å². The zero-order valence-electron chi connectivity index (χ0n) is 11.4. The van der Waals surface area contributed by atoms with Crippen molar-refractivity contribution < 1.29 is 4.79 Å². The van der Waals surface area contributed by atoms with Gasteiger partial charge in [0.2, 0.25) is 0 Å². The molecular formula is C15H22INO. The van der Waals surface area contributed by atoms with Gasteiger partial charge in [-0.2, -0.15) is 0 Å². The number of carbonyl (C=O) groups is 1. The Bertz CT molecular complexity index is 390. The molecule has 3 heteroatoms. The van der Waals surface area contributed by atoms with Gasteiger partial charge in [0, 0.05) is 9.61 Å². The molecule has 0 radical (unpaired) electrons. The van der Waals surface area contributed by atoms with Crippen LogP contribution in [0.25, 0.3) is 0 Å². The van der Waals surface area contributed by atoms with Crippen molar-refractivity contribution in [2.45, 2.75) is 46.1 Å². The summed E-state index contributed by atoms with van der Waals surface area (Å²) in [5, 5.41) is 3.07. The SMILES string of the molecule is CC(C)CCCC(C)NC(=O)c1ccccc1I. The maximum absolute atomic E-state index is 12.1. The number of hydrogen-bond donors (Lipinski definition) is 1. The van der Waals surface area contributed by atoms with Gasteiger partial charge >= 0.3 is 0 Å². The van der Waals surface area contributed by atoms with E-state index in [0.29, 0.717) is 0 Å². The lowest BCUT2D eigenvalue weighted by atomic mass is 10.0. The standard InChI is InChI=1S/C15H22INO/c1-11(2)7-6-8-12(3)17-15(18)13-9-4-5-10-14(13)16/h4-5,9-12H,6-8H2,1-3H3,(H,17,18). The van der Waals surface area contributed by atoms with Crippen LogP contribution in [0, 0.1) is 9.49 Å². The lowest BCUT2D eigenvalue weighted by Gasteiger charge is -2.15. The molecule has 0 aliphatic rings. The molecule has 0 aromatic heterocycles. The fourth-order valence-corrected chi connectivity index (χ4v) is 2.48. The Kier molecular flexibility index (Phi) is 6.68. The maximum Gasteiger partial charge on any atom is 0.252 e. The van der Waals surface area contributed by atoms with Gasteiger partial charge in [-0.15, -0.1) is 0 Å². The van der Waals surface area contributed by atoms with Crippen LogP contribution in [0.3, 0.4) is 0 Å². The molecule has 1 unspecified atom stereocenters. The summed E-state index contributed by atoms with van der Waals surface area (Å²) in [7, 11) is 0. The largest absolute Gasteiger partial charge is 0.350 e. The third-order valence-corrected chi connectivity index (χ3v) is 3.86. The first-order chi connectivity index (χ1) is 8.50. The highest BCUT2D eigenvalue weighted by Gasteiger charge is 2.11. The fraction of sp³-hybridized carbons (Fsp3) is 0.533. The number of rotatable bonds is 6. The number of carbonyl (C=O) groups excluding carboxylic acids is 1. The van der Waals surface area contributed by atoms with Crippen LogP contribution >= 0.6 is 22.6 Å². The van der Waals surface area contributed by atoms with Crippen LogP contribution in [0.4, 0.5) is 0 Å². The fourth-order valence-electron chi connectivity index (χ4n) is 1.85. The van der Waals surface area contributed by atoms with Gasteiger partial charge in [0.1, 0.15) is 0 Å². The Hall–Kier alpha value is -0.580. The molecule has 0 aliphatic carbocycles.